The molecular formula is C12H25N3O2. The molecule has 0 aromatic carbocycles. The molecule has 0 rings (SSSR count). The number of amides is 3. The number of hydrazine groups is 1. The Labute approximate surface area is 104 Å². The van der Waals surface area contributed by atoms with Crippen molar-refractivity contribution >= 4 is 11.9 Å². The Morgan fingerprint density at radius 2 is 1.47 bits per heavy atom. The summed E-state index contributed by atoms with van der Waals surface area (Å²) < 4.78 is 0. The lowest BCUT2D eigenvalue weighted by atomic mass is 10.1. The van der Waals surface area contributed by atoms with Crippen LogP contribution in [0.5, 0.6) is 0 Å². The van der Waals surface area contributed by atoms with Gasteiger partial charge in [-0.05, 0) is 6.42 Å². The summed E-state index contributed by atoms with van der Waals surface area (Å²) in [6.07, 6.45) is 8.73. The predicted octanol–water partition coefficient (Wildman–Crippen LogP) is 2.09. The first-order chi connectivity index (χ1) is 8.20. The third-order valence-corrected chi connectivity index (χ3v) is 2.55. The highest BCUT2D eigenvalue weighted by molar-refractivity contribution is 5.80. The first kappa shape index (κ1) is 15.7. The zero-order valence-corrected chi connectivity index (χ0v) is 11.0. The van der Waals surface area contributed by atoms with E-state index in [9.17, 15) is 9.59 Å². The normalized spacial score (nSPS) is 9.76. The van der Waals surface area contributed by atoms with Crippen molar-refractivity contribution in [1.29, 1.82) is 0 Å². The Hall–Kier alpha value is -1.26. The molecule has 0 aliphatic heterocycles. The van der Waals surface area contributed by atoms with Crippen molar-refractivity contribution in [2.75, 3.05) is 7.05 Å². The zero-order valence-electron chi connectivity index (χ0n) is 11.0. The van der Waals surface area contributed by atoms with Gasteiger partial charge in [0.1, 0.15) is 0 Å². The van der Waals surface area contributed by atoms with Gasteiger partial charge in [-0.2, -0.15) is 0 Å². The first-order valence-corrected chi connectivity index (χ1v) is 6.47. The maximum atomic E-state index is 11.2. The van der Waals surface area contributed by atoms with E-state index in [1.807, 2.05) is 0 Å². The molecule has 0 saturated heterocycles. The number of carbonyl (C=O) groups excluding carboxylic acids is 2. The van der Waals surface area contributed by atoms with E-state index in [-0.39, 0.29) is 5.91 Å². The Morgan fingerprint density at radius 1 is 0.882 bits per heavy atom. The fourth-order valence-corrected chi connectivity index (χ4v) is 1.49. The Kier molecular flexibility index (Phi) is 10.4. The van der Waals surface area contributed by atoms with E-state index in [1.54, 1.807) is 0 Å². The molecule has 0 fully saturated rings. The van der Waals surface area contributed by atoms with Crippen molar-refractivity contribution < 1.29 is 9.59 Å². The van der Waals surface area contributed by atoms with Gasteiger partial charge in [-0.3, -0.25) is 10.2 Å². The molecular weight excluding hydrogens is 218 g/mol. The van der Waals surface area contributed by atoms with E-state index in [1.165, 1.54) is 39.2 Å². The van der Waals surface area contributed by atoms with Crippen LogP contribution in [0.15, 0.2) is 0 Å². The number of hydrogen-bond acceptors (Lipinski definition) is 2. The zero-order chi connectivity index (χ0) is 12.9. The van der Waals surface area contributed by atoms with Gasteiger partial charge in [0.25, 0.3) is 0 Å². The molecule has 0 unspecified atom stereocenters. The minimum absolute atomic E-state index is 0.137. The molecule has 3 N–H and O–H groups in total. The molecule has 5 heteroatoms. The third kappa shape index (κ3) is 11.0. The summed E-state index contributed by atoms with van der Waals surface area (Å²) in [6.45, 7) is 2.20. The van der Waals surface area contributed by atoms with Gasteiger partial charge < -0.3 is 5.32 Å². The molecule has 0 aliphatic carbocycles. The van der Waals surface area contributed by atoms with Gasteiger partial charge in [0.2, 0.25) is 5.91 Å². The summed E-state index contributed by atoms with van der Waals surface area (Å²) in [5.41, 5.74) is 4.59. The van der Waals surface area contributed by atoms with Crippen LogP contribution >= 0.6 is 0 Å². The van der Waals surface area contributed by atoms with Gasteiger partial charge >= 0.3 is 6.03 Å². The van der Waals surface area contributed by atoms with E-state index >= 15 is 0 Å². The van der Waals surface area contributed by atoms with E-state index in [4.69, 9.17) is 0 Å². The van der Waals surface area contributed by atoms with Crippen LogP contribution in [0.25, 0.3) is 0 Å². The number of carbonyl (C=O) groups is 2. The molecule has 0 aromatic rings. The van der Waals surface area contributed by atoms with E-state index < -0.39 is 6.03 Å². The molecule has 5 nitrogen and oxygen atoms in total. The fraction of sp³-hybridized carbons (Fsp3) is 0.833. The van der Waals surface area contributed by atoms with Crippen molar-refractivity contribution in [2.45, 2.75) is 58.3 Å². The highest BCUT2D eigenvalue weighted by Crippen LogP contribution is 2.07. The SMILES string of the molecule is CCCCCCCCCC(=O)NNC(=O)NC. The smallest absolute Gasteiger partial charge is 0.333 e. The monoisotopic (exact) mass is 243 g/mol. The maximum Gasteiger partial charge on any atom is 0.333 e. The third-order valence-electron chi connectivity index (χ3n) is 2.55. The lowest BCUT2D eigenvalue weighted by molar-refractivity contribution is -0.121. The minimum Gasteiger partial charge on any atom is -0.340 e. The summed E-state index contributed by atoms with van der Waals surface area (Å²) in [6, 6.07) is -0.405. The summed E-state index contributed by atoms with van der Waals surface area (Å²) in [7, 11) is 1.50. The lowest BCUT2D eigenvalue weighted by Gasteiger charge is -2.06. The van der Waals surface area contributed by atoms with Crippen LogP contribution in [-0.2, 0) is 4.79 Å². The van der Waals surface area contributed by atoms with Crippen molar-refractivity contribution in [2.24, 2.45) is 0 Å². The van der Waals surface area contributed by atoms with Gasteiger partial charge in [0, 0.05) is 13.5 Å². The van der Waals surface area contributed by atoms with E-state index in [0.717, 1.165) is 12.8 Å². The van der Waals surface area contributed by atoms with Crippen LogP contribution in [0, 0.1) is 0 Å². The molecule has 0 aromatic heterocycles. The number of unbranched alkanes of at least 4 members (excludes halogenated alkanes) is 6. The molecule has 17 heavy (non-hydrogen) atoms. The minimum atomic E-state index is -0.405. The Morgan fingerprint density at radius 3 is 2.06 bits per heavy atom. The van der Waals surface area contributed by atoms with E-state index in [2.05, 4.69) is 23.1 Å². The molecule has 0 spiro atoms. The molecule has 0 saturated carbocycles. The highest BCUT2D eigenvalue weighted by atomic mass is 16.2. The number of hydrogen-bond donors (Lipinski definition) is 3. The average Bonchev–Trinajstić information content (AvgIpc) is 2.34. The second kappa shape index (κ2) is 11.2. The highest BCUT2D eigenvalue weighted by Gasteiger charge is 2.02. The van der Waals surface area contributed by atoms with Gasteiger partial charge in [-0.1, -0.05) is 45.4 Å². The maximum absolute atomic E-state index is 11.2. The van der Waals surface area contributed by atoms with Crippen LogP contribution in [0.1, 0.15) is 58.3 Å². The van der Waals surface area contributed by atoms with Gasteiger partial charge in [0.05, 0.1) is 0 Å². The summed E-state index contributed by atoms with van der Waals surface area (Å²) in [4.78, 5) is 22.0. The van der Waals surface area contributed by atoms with Crippen LogP contribution in [-0.4, -0.2) is 19.0 Å². The quantitative estimate of drug-likeness (QED) is 0.451. The fourth-order valence-electron chi connectivity index (χ4n) is 1.49. The molecule has 0 heterocycles. The summed E-state index contributed by atoms with van der Waals surface area (Å²) in [5.74, 6) is -0.137. The molecule has 3 amide bonds. The number of rotatable bonds is 8. The predicted molar refractivity (Wildman–Crippen MR) is 68.3 cm³/mol. The van der Waals surface area contributed by atoms with Crippen LogP contribution in [0.2, 0.25) is 0 Å². The first-order valence-electron chi connectivity index (χ1n) is 6.47. The van der Waals surface area contributed by atoms with Gasteiger partial charge in [-0.25, -0.2) is 10.2 Å². The van der Waals surface area contributed by atoms with Crippen molar-refractivity contribution in [3.05, 3.63) is 0 Å². The topological polar surface area (TPSA) is 70.2 Å². The standard InChI is InChI=1S/C12H25N3O2/c1-3-4-5-6-7-8-9-10-11(16)14-15-12(17)13-2/h3-10H2,1-2H3,(H,14,16)(H2,13,15,17). The molecule has 100 valence electrons. The molecule has 0 radical (unpaired) electrons. The van der Waals surface area contributed by atoms with Crippen LogP contribution in [0.3, 0.4) is 0 Å². The number of nitrogens with one attached hydrogen (secondary N) is 3. The van der Waals surface area contributed by atoms with E-state index in [0.29, 0.717) is 6.42 Å². The lowest BCUT2D eigenvalue weighted by Crippen LogP contribution is -2.45. The largest absolute Gasteiger partial charge is 0.340 e. The molecule has 0 aliphatic rings. The van der Waals surface area contributed by atoms with Gasteiger partial charge in [-0.15, -0.1) is 0 Å². The molecule has 0 atom stereocenters. The van der Waals surface area contributed by atoms with Gasteiger partial charge in [0.15, 0.2) is 0 Å². The van der Waals surface area contributed by atoms with Crippen molar-refractivity contribution in [3.63, 3.8) is 0 Å². The second-order valence-corrected chi connectivity index (χ2v) is 4.12. The van der Waals surface area contributed by atoms with Crippen LogP contribution < -0.4 is 16.2 Å². The summed E-state index contributed by atoms with van der Waals surface area (Å²) in [5, 5.41) is 2.35. The second-order valence-electron chi connectivity index (χ2n) is 4.12. The van der Waals surface area contributed by atoms with Crippen molar-refractivity contribution in [1.82, 2.24) is 16.2 Å². The Bertz CT molecular complexity index is 220. The molecule has 0 bridgehead atoms. The van der Waals surface area contributed by atoms with Crippen molar-refractivity contribution in [3.8, 4) is 0 Å². The summed E-state index contributed by atoms with van der Waals surface area (Å²) >= 11 is 0. The Balaban J connectivity index is 3.25. The number of urea groups is 1. The average molecular weight is 243 g/mol. The van der Waals surface area contributed by atoms with Crippen LogP contribution in [0.4, 0.5) is 4.79 Å².